The largest absolute Gasteiger partial charge is 0.381 e. The molecule has 0 radical (unpaired) electrons. The maximum atomic E-state index is 5.32. The molecule has 0 bridgehead atoms. The summed E-state index contributed by atoms with van der Waals surface area (Å²) >= 11 is 0. The van der Waals surface area contributed by atoms with Crippen LogP contribution in [0.5, 0.6) is 0 Å². The van der Waals surface area contributed by atoms with E-state index in [1.54, 1.807) is 6.08 Å². The molecule has 6 heteroatoms. The summed E-state index contributed by atoms with van der Waals surface area (Å²) in [5.74, 6) is 0.979. The van der Waals surface area contributed by atoms with E-state index >= 15 is 0 Å². The monoisotopic (exact) mass is 530 g/mol. The highest BCUT2D eigenvalue weighted by Gasteiger charge is 2.28. The van der Waals surface area contributed by atoms with Crippen LogP contribution in [-0.2, 0) is 13.1 Å². The Morgan fingerprint density at radius 3 is 2.52 bits per heavy atom. The summed E-state index contributed by atoms with van der Waals surface area (Å²) in [5, 5.41) is 9.41. The summed E-state index contributed by atoms with van der Waals surface area (Å²) < 4.78 is 2.39. The smallest absolute Gasteiger partial charge is 0.141 e. The zero-order valence-corrected chi connectivity index (χ0v) is 23.2. The SMILES string of the molecule is C=CC(=C)Nc1cccc2c(-c3nc(C(=C)NC4CCCCC4)c4n3CCN(C(=C)c3ccc[nH]3)C4)cccc12. The number of nitrogens with one attached hydrogen (secondary N) is 3. The molecule has 0 spiro atoms. The average Bonchev–Trinajstić information content (AvgIpc) is 3.66. The number of aromatic nitrogens is 3. The maximum absolute atomic E-state index is 5.32. The molecule has 6 rings (SSSR count). The third-order valence-electron chi connectivity index (χ3n) is 8.27. The lowest BCUT2D eigenvalue weighted by Gasteiger charge is -2.32. The first-order valence-electron chi connectivity index (χ1n) is 14.3. The van der Waals surface area contributed by atoms with Crippen molar-refractivity contribution in [1.29, 1.82) is 0 Å². The first-order chi connectivity index (χ1) is 19.5. The lowest BCUT2D eigenvalue weighted by molar-refractivity contribution is 0.320. The van der Waals surface area contributed by atoms with Crippen LogP contribution in [0.2, 0.25) is 0 Å². The number of aromatic amines is 1. The zero-order valence-electron chi connectivity index (χ0n) is 23.2. The minimum atomic E-state index is 0.458. The molecule has 2 aromatic heterocycles. The highest BCUT2D eigenvalue weighted by molar-refractivity contribution is 6.02. The number of anilines is 1. The maximum Gasteiger partial charge on any atom is 0.141 e. The second kappa shape index (κ2) is 11.0. The molecule has 3 heterocycles. The number of hydrogen-bond acceptors (Lipinski definition) is 4. The molecule has 1 saturated carbocycles. The highest BCUT2D eigenvalue weighted by Crippen LogP contribution is 2.37. The molecular formula is C34H38N6. The van der Waals surface area contributed by atoms with Crippen molar-refractivity contribution < 1.29 is 0 Å². The van der Waals surface area contributed by atoms with Crippen molar-refractivity contribution in [2.45, 2.75) is 51.2 Å². The molecule has 0 saturated heterocycles. The molecule has 2 aromatic carbocycles. The molecule has 3 N–H and O–H groups in total. The van der Waals surface area contributed by atoms with Gasteiger partial charge in [0.15, 0.2) is 0 Å². The Bertz CT molecular complexity index is 1580. The van der Waals surface area contributed by atoms with Gasteiger partial charge in [-0.05, 0) is 42.5 Å². The number of allylic oxidation sites excluding steroid dienone is 1. The van der Waals surface area contributed by atoms with Gasteiger partial charge in [-0.15, -0.1) is 0 Å². The molecule has 1 aliphatic carbocycles. The fourth-order valence-electron chi connectivity index (χ4n) is 6.13. The molecule has 6 nitrogen and oxygen atoms in total. The Labute approximate surface area is 236 Å². The van der Waals surface area contributed by atoms with Crippen molar-refractivity contribution in [3.63, 3.8) is 0 Å². The topological polar surface area (TPSA) is 60.9 Å². The molecule has 4 aromatic rings. The van der Waals surface area contributed by atoms with Crippen molar-refractivity contribution in [1.82, 2.24) is 24.8 Å². The second-order valence-electron chi connectivity index (χ2n) is 10.9. The van der Waals surface area contributed by atoms with Gasteiger partial charge in [0.1, 0.15) is 11.5 Å². The minimum absolute atomic E-state index is 0.458. The van der Waals surface area contributed by atoms with Crippen LogP contribution < -0.4 is 10.6 Å². The van der Waals surface area contributed by atoms with Gasteiger partial charge in [-0.2, -0.15) is 0 Å². The third-order valence-corrected chi connectivity index (χ3v) is 8.27. The first kappa shape index (κ1) is 25.8. The summed E-state index contributed by atoms with van der Waals surface area (Å²) in [6.45, 7) is 19.2. The van der Waals surface area contributed by atoms with Crippen LogP contribution in [0.15, 0.2) is 92.8 Å². The molecule has 40 heavy (non-hydrogen) atoms. The van der Waals surface area contributed by atoms with E-state index in [9.17, 15) is 0 Å². The van der Waals surface area contributed by atoms with Crippen LogP contribution in [-0.4, -0.2) is 32.0 Å². The van der Waals surface area contributed by atoms with Crippen LogP contribution in [0.3, 0.4) is 0 Å². The van der Waals surface area contributed by atoms with Gasteiger partial charge in [-0.3, -0.25) is 0 Å². The third kappa shape index (κ3) is 4.86. The number of imidazole rings is 1. The van der Waals surface area contributed by atoms with Crippen LogP contribution >= 0.6 is 0 Å². The quantitative estimate of drug-likeness (QED) is 0.196. The van der Waals surface area contributed by atoms with Gasteiger partial charge in [0.05, 0.1) is 29.3 Å². The normalized spacial score (nSPS) is 15.4. The van der Waals surface area contributed by atoms with Gasteiger partial charge in [-0.1, -0.05) is 75.9 Å². The standard InChI is InChI=1S/C34H38N6/c1-5-23(2)36-31-17-10-14-27-28(31)15-9-16-29(27)34-38-33(24(3)37-26-12-7-6-8-13-26)32-22-39(20-21-40(32)34)25(4)30-18-11-19-35-30/h5,9-11,14-19,26,35-37H,1-4,6-8,12-13,20-22H2. The summed E-state index contributed by atoms with van der Waals surface area (Å²) in [5.41, 5.74) is 7.98. The summed E-state index contributed by atoms with van der Waals surface area (Å²) in [6, 6.07) is 17.3. The molecule has 1 aliphatic heterocycles. The highest BCUT2D eigenvalue weighted by atomic mass is 15.2. The van der Waals surface area contributed by atoms with Crippen molar-refractivity contribution in [2.24, 2.45) is 0 Å². The van der Waals surface area contributed by atoms with Gasteiger partial charge in [0, 0.05) is 47.7 Å². The summed E-state index contributed by atoms with van der Waals surface area (Å²) in [6.07, 6.45) is 9.92. The number of H-pyrrole nitrogens is 1. The molecule has 204 valence electrons. The predicted octanol–water partition coefficient (Wildman–Crippen LogP) is 7.52. The summed E-state index contributed by atoms with van der Waals surface area (Å²) in [7, 11) is 0. The molecule has 1 fully saturated rings. The van der Waals surface area contributed by atoms with Crippen molar-refractivity contribution in [3.8, 4) is 11.4 Å². The Morgan fingerprint density at radius 1 is 0.950 bits per heavy atom. The van der Waals surface area contributed by atoms with Crippen LogP contribution in [0.4, 0.5) is 5.69 Å². The van der Waals surface area contributed by atoms with E-state index in [1.165, 1.54) is 37.8 Å². The summed E-state index contributed by atoms with van der Waals surface area (Å²) in [4.78, 5) is 11.0. The molecule has 0 atom stereocenters. The average molecular weight is 531 g/mol. The number of fused-ring (bicyclic) bond motifs is 2. The predicted molar refractivity (Wildman–Crippen MR) is 167 cm³/mol. The Balaban J connectivity index is 1.42. The van der Waals surface area contributed by atoms with E-state index in [1.807, 2.05) is 12.3 Å². The Hall–Kier alpha value is -4.45. The molecular weight excluding hydrogens is 492 g/mol. The van der Waals surface area contributed by atoms with E-state index in [0.717, 1.165) is 76.0 Å². The van der Waals surface area contributed by atoms with Gasteiger partial charge in [-0.25, -0.2) is 4.98 Å². The number of nitrogens with zero attached hydrogens (tertiary/aromatic N) is 3. The molecule has 2 aliphatic rings. The first-order valence-corrected chi connectivity index (χ1v) is 14.3. The van der Waals surface area contributed by atoms with Crippen molar-refractivity contribution in [3.05, 3.63) is 110 Å². The van der Waals surface area contributed by atoms with Crippen molar-refractivity contribution in [2.75, 3.05) is 11.9 Å². The lowest BCUT2D eigenvalue weighted by atomic mass is 9.95. The van der Waals surface area contributed by atoms with E-state index in [2.05, 4.69) is 93.9 Å². The Morgan fingerprint density at radius 2 is 1.75 bits per heavy atom. The van der Waals surface area contributed by atoms with Gasteiger partial charge < -0.3 is 25.1 Å². The number of benzene rings is 2. The van der Waals surface area contributed by atoms with E-state index in [4.69, 9.17) is 4.98 Å². The fourth-order valence-corrected chi connectivity index (χ4v) is 6.13. The van der Waals surface area contributed by atoms with Crippen LogP contribution in [0.25, 0.3) is 33.6 Å². The Kier molecular flexibility index (Phi) is 7.08. The second-order valence-corrected chi connectivity index (χ2v) is 10.9. The number of hydrogen-bond donors (Lipinski definition) is 3. The van der Waals surface area contributed by atoms with Crippen LogP contribution in [0.1, 0.15) is 49.2 Å². The number of rotatable bonds is 9. The van der Waals surface area contributed by atoms with Gasteiger partial charge >= 0.3 is 0 Å². The molecule has 0 unspecified atom stereocenters. The van der Waals surface area contributed by atoms with Crippen molar-refractivity contribution >= 4 is 27.9 Å². The van der Waals surface area contributed by atoms with E-state index in [-0.39, 0.29) is 0 Å². The zero-order chi connectivity index (χ0) is 27.6. The lowest BCUT2D eigenvalue weighted by Crippen LogP contribution is -2.34. The van der Waals surface area contributed by atoms with E-state index < -0.39 is 0 Å². The van der Waals surface area contributed by atoms with E-state index in [0.29, 0.717) is 6.04 Å². The van der Waals surface area contributed by atoms with Gasteiger partial charge in [0.25, 0.3) is 0 Å². The van der Waals surface area contributed by atoms with Gasteiger partial charge in [0.2, 0.25) is 0 Å². The fraction of sp³-hybridized carbons (Fsp3) is 0.265. The minimum Gasteiger partial charge on any atom is -0.381 e. The molecule has 0 amide bonds. The van der Waals surface area contributed by atoms with Crippen LogP contribution in [0, 0.1) is 0 Å².